The van der Waals surface area contributed by atoms with Crippen molar-refractivity contribution < 1.29 is 0 Å². The highest BCUT2D eigenvalue weighted by Crippen LogP contribution is 2.23. The molecular weight excluding hydrogens is 208 g/mol. The number of aryl methyl sites for hydroxylation is 1. The molecule has 1 heterocycles. The average molecular weight is 228 g/mol. The van der Waals surface area contributed by atoms with Crippen molar-refractivity contribution in [2.75, 3.05) is 13.1 Å². The second kappa shape index (κ2) is 5.33. The molecule has 1 aliphatic heterocycles. The van der Waals surface area contributed by atoms with Crippen LogP contribution in [0.5, 0.6) is 0 Å². The van der Waals surface area contributed by atoms with Crippen LogP contribution in [0.25, 0.3) is 0 Å². The summed E-state index contributed by atoms with van der Waals surface area (Å²) in [7, 11) is 0. The van der Waals surface area contributed by atoms with Crippen molar-refractivity contribution in [2.24, 2.45) is 5.92 Å². The summed E-state index contributed by atoms with van der Waals surface area (Å²) >= 11 is 0. The highest BCUT2D eigenvalue weighted by atomic mass is 14.9. The molecule has 17 heavy (non-hydrogen) atoms. The predicted molar refractivity (Wildman–Crippen MR) is 69.9 cm³/mol. The van der Waals surface area contributed by atoms with Gasteiger partial charge < -0.3 is 5.32 Å². The fourth-order valence-corrected chi connectivity index (χ4v) is 2.61. The lowest BCUT2D eigenvalue weighted by Crippen LogP contribution is -2.28. The molecule has 1 N–H and O–H groups in total. The number of benzene rings is 1. The van der Waals surface area contributed by atoms with E-state index in [0.717, 1.165) is 31.0 Å². The topological polar surface area (TPSA) is 35.8 Å². The minimum absolute atomic E-state index is 0.781. The summed E-state index contributed by atoms with van der Waals surface area (Å²) in [5.41, 5.74) is 4.78. The molecule has 2 nitrogen and oxygen atoms in total. The number of rotatable bonds is 2. The first-order valence-electron chi connectivity index (χ1n) is 6.41. The second-order valence-corrected chi connectivity index (χ2v) is 5.09. The van der Waals surface area contributed by atoms with E-state index in [1.54, 1.807) is 0 Å². The molecule has 1 saturated heterocycles. The van der Waals surface area contributed by atoms with Gasteiger partial charge in [-0.05, 0) is 80.9 Å². The van der Waals surface area contributed by atoms with Gasteiger partial charge in [-0.2, -0.15) is 5.26 Å². The molecule has 0 spiro atoms. The maximum absolute atomic E-state index is 9.02. The zero-order valence-electron chi connectivity index (χ0n) is 10.7. The van der Waals surface area contributed by atoms with E-state index in [1.807, 2.05) is 6.07 Å². The Labute approximate surface area is 104 Å². The van der Waals surface area contributed by atoms with Crippen molar-refractivity contribution in [3.8, 4) is 6.07 Å². The molecule has 1 aromatic carbocycles. The lowest BCUT2D eigenvalue weighted by molar-refractivity contribution is 0.372. The van der Waals surface area contributed by atoms with Gasteiger partial charge in [0, 0.05) is 0 Å². The molecule has 0 unspecified atom stereocenters. The Hall–Kier alpha value is -1.33. The van der Waals surface area contributed by atoms with Crippen LogP contribution in [0.15, 0.2) is 12.1 Å². The number of nitrogens with zero attached hydrogens (tertiary/aromatic N) is 1. The van der Waals surface area contributed by atoms with Gasteiger partial charge in [0.25, 0.3) is 0 Å². The molecule has 0 aromatic heterocycles. The quantitative estimate of drug-likeness (QED) is 0.844. The number of hydrogen-bond acceptors (Lipinski definition) is 2. The zero-order valence-corrected chi connectivity index (χ0v) is 10.7. The average Bonchev–Trinajstić information content (AvgIpc) is 2.36. The van der Waals surface area contributed by atoms with Gasteiger partial charge >= 0.3 is 0 Å². The van der Waals surface area contributed by atoms with Crippen molar-refractivity contribution in [1.82, 2.24) is 5.32 Å². The molecular formula is C15H20N2. The van der Waals surface area contributed by atoms with Gasteiger partial charge in [0.15, 0.2) is 0 Å². The number of hydrogen-bond donors (Lipinski definition) is 1. The standard InChI is InChI=1S/C15H20N2/c1-11-7-14(10-16)9-15(12(11)2)8-13-3-5-17-6-4-13/h7,9,13,17H,3-6,8H2,1-2H3. The summed E-state index contributed by atoms with van der Waals surface area (Å²) in [6.45, 7) is 6.55. The third-order valence-electron chi connectivity index (χ3n) is 3.87. The molecule has 1 aromatic rings. The number of piperidine rings is 1. The van der Waals surface area contributed by atoms with E-state index < -0.39 is 0 Å². The van der Waals surface area contributed by atoms with E-state index in [-0.39, 0.29) is 0 Å². The lowest BCUT2D eigenvalue weighted by Gasteiger charge is -2.23. The molecule has 2 rings (SSSR count). The van der Waals surface area contributed by atoms with Gasteiger partial charge in [0.1, 0.15) is 0 Å². The van der Waals surface area contributed by atoms with E-state index >= 15 is 0 Å². The first kappa shape index (κ1) is 12.1. The van der Waals surface area contributed by atoms with E-state index in [9.17, 15) is 0 Å². The summed E-state index contributed by atoms with van der Waals surface area (Å²) in [6.07, 6.45) is 3.65. The van der Waals surface area contributed by atoms with Crippen LogP contribution in [-0.4, -0.2) is 13.1 Å². The Morgan fingerprint density at radius 2 is 2.00 bits per heavy atom. The third kappa shape index (κ3) is 2.87. The largest absolute Gasteiger partial charge is 0.317 e. The summed E-state index contributed by atoms with van der Waals surface area (Å²) in [6, 6.07) is 6.32. The van der Waals surface area contributed by atoms with Crippen LogP contribution in [0.4, 0.5) is 0 Å². The van der Waals surface area contributed by atoms with Gasteiger partial charge in [0.2, 0.25) is 0 Å². The fourth-order valence-electron chi connectivity index (χ4n) is 2.61. The summed E-state index contributed by atoms with van der Waals surface area (Å²) < 4.78 is 0. The van der Waals surface area contributed by atoms with Gasteiger partial charge in [0.05, 0.1) is 11.6 Å². The minimum Gasteiger partial charge on any atom is -0.317 e. The molecule has 0 bridgehead atoms. The van der Waals surface area contributed by atoms with E-state index in [2.05, 4.69) is 31.3 Å². The second-order valence-electron chi connectivity index (χ2n) is 5.09. The van der Waals surface area contributed by atoms with Crippen molar-refractivity contribution in [2.45, 2.75) is 33.1 Å². The van der Waals surface area contributed by atoms with Crippen LogP contribution >= 0.6 is 0 Å². The van der Waals surface area contributed by atoms with Crippen LogP contribution in [0.3, 0.4) is 0 Å². The van der Waals surface area contributed by atoms with Crippen LogP contribution < -0.4 is 5.32 Å². The molecule has 90 valence electrons. The molecule has 0 atom stereocenters. The lowest BCUT2D eigenvalue weighted by atomic mass is 9.87. The Morgan fingerprint density at radius 3 is 2.65 bits per heavy atom. The first-order valence-corrected chi connectivity index (χ1v) is 6.41. The van der Waals surface area contributed by atoms with Gasteiger partial charge in [-0.3, -0.25) is 0 Å². The number of nitriles is 1. The minimum atomic E-state index is 0.781. The van der Waals surface area contributed by atoms with E-state index in [4.69, 9.17) is 5.26 Å². The van der Waals surface area contributed by atoms with Crippen LogP contribution in [0.1, 0.15) is 35.1 Å². The molecule has 0 radical (unpaired) electrons. The van der Waals surface area contributed by atoms with Crippen molar-refractivity contribution in [3.05, 3.63) is 34.4 Å². The van der Waals surface area contributed by atoms with E-state index in [0.29, 0.717) is 0 Å². The molecule has 2 heteroatoms. The predicted octanol–water partition coefficient (Wildman–Crippen LogP) is 2.72. The zero-order chi connectivity index (χ0) is 12.3. The maximum Gasteiger partial charge on any atom is 0.0991 e. The van der Waals surface area contributed by atoms with Crippen LogP contribution in [0, 0.1) is 31.1 Å². The molecule has 0 amide bonds. The van der Waals surface area contributed by atoms with Crippen LogP contribution in [0.2, 0.25) is 0 Å². The Morgan fingerprint density at radius 1 is 1.29 bits per heavy atom. The summed E-state index contributed by atoms with van der Waals surface area (Å²) in [5, 5.41) is 12.4. The highest BCUT2D eigenvalue weighted by Gasteiger charge is 2.15. The van der Waals surface area contributed by atoms with Gasteiger partial charge in [-0.1, -0.05) is 0 Å². The highest BCUT2D eigenvalue weighted by molar-refractivity contribution is 5.42. The first-order chi connectivity index (χ1) is 8.20. The molecule has 0 aliphatic carbocycles. The van der Waals surface area contributed by atoms with Gasteiger partial charge in [-0.15, -0.1) is 0 Å². The smallest absolute Gasteiger partial charge is 0.0991 e. The Bertz CT molecular complexity index is 437. The third-order valence-corrected chi connectivity index (χ3v) is 3.87. The van der Waals surface area contributed by atoms with E-state index in [1.165, 1.54) is 29.5 Å². The SMILES string of the molecule is Cc1cc(C#N)cc(CC2CCNCC2)c1C. The molecule has 0 saturated carbocycles. The summed E-state index contributed by atoms with van der Waals surface area (Å²) in [4.78, 5) is 0. The Balaban J connectivity index is 2.19. The number of nitrogens with one attached hydrogen (secondary N) is 1. The molecule has 1 fully saturated rings. The monoisotopic (exact) mass is 228 g/mol. The Kier molecular flexibility index (Phi) is 3.81. The van der Waals surface area contributed by atoms with Crippen molar-refractivity contribution in [1.29, 1.82) is 5.26 Å². The maximum atomic E-state index is 9.02. The van der Waals surface area contributed by atoms with Crippen molar-refractivity contribution in [3.63, 3.8) is 0 Å². The molecule has 1 aliphatic rings. The fraction of sp³-hybridized carbons (Fsp3) is 0.533. The summed E-state index contributed by atoms with van der Waals surface area (Å²) in [5.74, 6) is 0.781. The normalized spacial score (nSPS) is 16.8. The van der Waals surface area contributed by atoms with Gasteiger partial charge in [-0.25, -0.2) is 0 Å². The van der Waals surface area contributed by atoms with Crippen LogP contribution in [-0.2, 0) is 6.42 Å². The van der Waals surface area contributed by atoms with Crippen molar-refractivity contribution >= 4 is 0 Å².